The van der Waals surface area contributed by atoms with Gasteiger partial charge in [-0.1, -0.05) is 20.3 Å². The Hall–Kier alpha value is -0.590. The predicted molar refractivity (Wildman–Crippen MR) is 71.8 cm³/mol. The van der Waals surface area contributed by atoms with Crippen LogP contribution in [0.1, 0.15) is 46.0 Å². The minimum Gasteiger partial charge on any atom is -0.308 e. The van der Waals surface area contributed by atoms with Gasteiger partial charge in [0.1, 0.15) is 5.54 Å². The van der Waals surface area contributed by atoms with Crippen LogP contribution < -0.4 is 5.32 Å². The number of hydrogen-bond donors (Lipinski definition) is 1. The lowest BCUT2D eigenvalue weighted by molar-refractivity contribution is 0.292. The molecule has 3 nitrogen and oxygen atoms in total. The highest BCUT2D eigenvalue weighted by Gasteiger charge is 2.35. The molecule has 1 fully saturated rings. The maximum absolute atomic E-state index is 9.48. The molecule has 17 heavy (non-hydrogen) atoms. The summed E-state index contributed by atoms with van der Waals surface area (Å²) in [7, 11) is 4.13. The summed E-state index contributed by atoms with van der Waals surface area (Å²) in [6.45, 7) is 6.54. The largest absolute Gasteiger partial charge is 0.308 e. The lowest BCUT2D eigenvalue weighted by Crippen LogP contribution is -2.46. The molecule has 0 aromatic heterocycles. The fourth-order valence-electron chi connectivity index (χ4n) is 2.52. The van der Waals surface area contributed by atoms with E-state index >= 15 is 0 Å². The summed E-state index contributed by atoms with van der Waals surface area (Å²) in [5.74, 6) is 0. The van der Waals surface area contributed by atoms with Gasteiger partial charge in [-0.15, -0.1) is 0 Å². The van der Waals surface area contributed by atoms with Gasteiger partial charge in [0.2, 0.25) is 0 Å². The van der Waals surface area contributed by atoms with Crippen LogP contribution in [-0.4, -0.2) is 37.6 Å². The van der Waals surface area contributed by atoms with E-state index in [1.165, 1.54) is 6.42 Å². The molecular formula is C14H27N3. The second-order valence-electron chi connectivity index (χ2n) is 6.44. The third-order valence-corrected chi connectivity index (χ3v) is 3.92. The zero-order chi connectivity index (χ0) is 12.9. The Kier molecular flexibility index (Phi) is 4.97. The number of likely N-dealkylation sites (N-methyl/N-ethyl adjacent to an activating group) is 1. The molecule has 1 atom stereocenters. The number of nitriles is 1. The molecule has 1 aliphatic rings. The molecule has 0 bridgehead atoms. The molecule has 3 heteroatoms. The molecular weight excluding hydrogens is 210 g/mol. The first kappa shape index (κ1) is 14.5. The third-order valence-electron chi connectivity index (χ3n) is 3.92. The predicted octanol–water partition coefficient (Wildman–Crippen LogP) is 2.39. The summed E-state index contributed by atoms with van der Waals surface area (Å²) in [6, 6.07) is 2.54. The Morgan fingerprint density at radius 2 is 1.88 bits per heavy atom. The molecule has 1 saturated carbocycles. The molecule has 0 heterocycles. The van der Waals surface area contributed by atoms with E-state index < -0.39 is 0 Å². The van der Waals surface area contributed by atoms with Gasteiger partial charge in [-0.2, -0.15) is 5.26 Å². The van der Waals surface area contributed by atoms with E-state index in [1.807, 2.05) is 0 Å². The van der Waals surface area contributed by atoms with Crippen molar-refractivity contribution in [2.24, 2.45) is 5.41 Å². The third kappa shape index (κ3) is 4.65. The van der Waals surface area contributed by atoms with Gasteiger partial charge in [-0.05, 0) is 45.2 Å². The second-order valence-corrected chi connectivity index (χ2v) is 6.44. The van der Waals surface area contributed by atoms with Crippen molar-refractivity contribution in [2.45, 2.75) is 51.5 Å². The number of rotatable bonds is 4. The fraction of sp³-hybridized carbons (Fsp3) is 0.929. The molecule has 1 aliphatic carbocycles. The topological polar surface area (TPSA) is 39.1 Å². The first-order valence-electron chi connectivity index (χ1n) is 6.70. The Morgan fingerprint density at radius 1 is 1.18 bits per heavy atom. The molecule has 0 amide bonds. The molecule has 0 saturated heterocycles. The normalized spacial score (nSPS) is 28.7. The summed E-state index contributed by atoms with van der Waals surface area (Å²) in [5.41, 5.74) is 0.131. The summed E-state index contributed by atoms with van der Waals surface area (Å²) >= 11 is 0. The van der Waals surface area contributed by atoms with Gasteiger partial charge in [0, 0.05) is 13.1 Å². The Labute approximate surface area is 106 Å². The molecule has 0 aliphatic heterocycles. The molecule has 0 aromatic carbocycles. The molecule has 1 rings (SSSR count). The smallest absolute Gasteiger partial charge is 0.106 e. The molecule has 0 aromatic rings. The van der Waals surface area contributed by atoms with Gasteiger partial charge in [0.25, 0.3) is 0 Å². The van der Waals surface area contributed by atoms with Crippen LogP contribution in [0.3, 0.4) is 0 Å². The van der Waals surface area contributed by atoms with Crippen molar-refractivity contribution in [3.63, 3.8) is 0 Å². The van der Waals surface area contributed by atoms with Crippen molar-refractivity contribution >= 4 is 0 Å². The van der Waals surface area contributed by atoms with Crippen LogP contribution in [-0.2, 0) is 0 Å². The Morgan fingerprint density at radius 3 is 2.47 bits per heavy atom. The average molecular weight is 237 g/mol. The minimum absolute atomic E-state index is 0.274. The van der Waals surface area contributed by atoms with Gasteiger partial charge < -0.3 is 4.90 Å². The van der Waals surface area contributed by atoms with Crippen LogP contribution in [0.15, 0.2) is 0 Å². The molecule has 0 radical (unpaired) electrons. The van der Waals surface area contributed by atoms with Crippen LogP contribution in [0.2, 0.25) is 0 Å². The highest BCUT2D eigenvalue weighted by atomic mass is 15.1. The van der Waals surface area contributed by atoms with Crippen LogP contribution in [0, 0.1) is 16.7 Å². The number of hydrogen-bond acceptors (Lipinski definition) is 3. The van der Waals surface area contributed by atoms with Gasteiger partial charge in [-0.3, -0.25) is 5.32 Å². The van der Waals surface area contributed by atoms with Crippen molar-refractivity contribution in [2.75, 3.05) is 27.2 Å². The molecule has 0 spiro atoms. The van der Waals surface area contributed by atoms with Gasteiger partial charge in [-0.25, -0.2) is 0 Å². The zero-order valence-corrected chi connectivity index (χ0v) is 11.8. The maximum atomic E-state index is 9.48. The van der Waals surface area contributed by atoms with Crippen molar-refractivity contribution < 1.29 is 0 Å². The zero-order valence-electron chi connectivity index (χ0n) is 11.8. The summed E-state index contributed by atoms with van der Waals surface area (Å²) < 4.78 is 0. The SMILES string of the molecule is CN(C)CCNC1(C#N)CCCC(C)(C)CC1. The van der Waals surface area contributed by atoms with E-state index in [4.69, 9.17) is 0 Å². The van der Waals surface area contributed by atoms with Crippen molar-refractivity contribution in [1.82, 2.24) is 10.2 Å². The van der Waals surface area contributed by atoms with E-state index in [0.717, 1.165) is 38.8 Å². The first-order chi connectivity index (χ1) is 7.89. The minimum atomic E-state index is -0.274. The van der Waals surface area contributed by atoms with Gasteiger partial charge in [0.05, 0.1) is 6.07 Å². The van der Waals surface area contributed by atoms with E-state index in [2.05, 4.69) is 44.2 Å². The van der Waals surface area contributed by atoms with E-state index in [-0.39, 0.29) is 5.54 Å². The Balaban J connectivity index is 2.54. The molecule has 98 valence electrons. The summed E-state index contributed by atoms with van der Waals surface area (Å²) in [6.07, 6.45) is 5.54. The molecule has 1 unspecified atom stereocenters. The lowest BCUT2D eigenvalue weighted by Gasteiger charge is -2.28. The highest BCUT2D eigenvalue weighted by Crippen LogP contribution is 2.37. The van der Waals surface area contributed by atoms with E-state index in [0.29, 0.717) is 5.41 Å². The monoisotopic (exact) mass is 237 g/mol. The lowest BCUT2D eigenvalue weighted by atomic mass is 9.84. The van der Waals surface area contributed by atoms with Crippen molar-refractivity contribution in [1.29, 1.82) is 5.26 Å². The quantitative estimate of drug-likeness (QED) is 0.763. The average Bonchev–Trinajstić information content (AvgIpc) is 2.38. The standard InChI is InChI=1S/C14H27N3/c1-13(2)6-5-7-14(12-15,9-8-13)16-10-11-17(3)4/h16H,5-11H2,1-4H3. The van der Waals surface area contributed by atoms with Crippen molar-refractivity contribution in [3.8, 4) is 6.07 Å². The fourth-order valence-corrected chi connectivity index (χ4v) is 2.52. The van der Waals surface area contributed by atoms with Crippen LogP contribution >= 0.6 is 0 Å². The number of nitrogens with zero attached hydrogens (tertiary/aromatic N) is 2. The number of nitrogens with one attached hydrogen (secondary N) is 1. The van der Waals surface area contributed by atoms with Crippen molar-refractivity contribution in [3.05, 3.63) is 0 Å². The van der Waals surface area contributed by atoms with Crippen LogP contribution in [0.25, 0.3) is 0 Å². The van der Waals surface area contributed by atoms with Crippen LogP contribution in [0.4, 0.5) is 0 Å². The molecule has 1 N–H and O–H groups in total. The van der Waals surface area contributed by atoms with Gasteiger partial charge >= 0.3 is 0 Å². The van der Waals surface area contributed by atoms with E-state index in [1.54, 1.807) is 0 Å². The second kappa shape index (κ2) is 5.84. The Bertz CT molecular complexity index is 278. The first-order valence-corrected chi connectivity index (χ1v) is 6.70. The summed E-state index contributed by atoms with van der Waals surface area (Å²) in [4.78, 5) is 2.15. The highest BCUT2D eigenvalue weighted by molar-refractivity contribution is 5.08. The van der Waals surface area contributed by atoms with E-state index in [9.17, 15) is 5.26 Å². The summed E-state index contributed by atoms with van der Waals surface area (Å²) in [5, 5.41) is 13.0. The maximum Gasteiger partial charge on any atom is 0.106 e. The van der Waals surface area contributed by atoms with Crippen LogP contribution in [0.5, 0.6) is 0 Å². The van der Waals surface area contributed by atoms with Gasteiger partial charge in [0.15, 0.2) is 0 Å².